The number of ether oxygens (including phenoxy) is 3. The average Bonchev–Trinajstić information content (AvgIpc) is 3.76. The summed E-state index contributed by atoms with van der Waals surface area (Å²) in [5.41, 5.74) is 9.36. The van der Waals surface area contributed by atoms with Crippen molar-refractivity contribution >= 4 is 50.0 Å². The van der Waals surface area contributed by atoms with Crippen LogP contribution in [0.1, 0.15) is 74.8 Å². The second-order valence-electron chi connectivity index (χ2n) is 17.9. The molecule has 0 saturated heterocycles. The van der Waals surface area contributed by atoms with E-state index in [1.165, 1.54) is 65.0 Å². The van der Waals surface area contributed by atoms with E-state index in [0.29, 0.717) is 0 Å². The normalized spacial score (nSPS) is 17.9. The molecule has 1 aliphatic heterocycles. The summed E-state index contributed by atoms with van der Waals surface area (Å²) >= 11 is 3.70. The molecular weight excluding hydrogens is 737 g/mol. The maximum Gasteiger partial charge on any atom is 0.178 e. The molecule has 0 atom stereocenters. The minimum atomic E-state index is -0.910. The fourth-order valence-corrected chi connectivity index (χ4v) is 13.1. The Hall–Kier alpha value is -4.97. The van der Waals surface area contributed by atoms with Crippen LogP contribution >= 0.6 is 23.1 Å². The fourth-order valence-electron chi connectivity index (χ4n) is 11.3. The summed E-state index contributed by atoms with van der Waals surface area (Å²) in [6, 6.07) is 42.0. The van der Waals surface area contributed by atoms with Crippen LogP contribution in [0.2, 0.25) is 0 Å². The van der Waals surface area contributed by atoms with Crippen LogP contribution < -0.4 is 14.2 Å². The van der Waals surface area contributed by atoms with Crippen LogP contribution in [-0.2, 0) is 11.0 Å². The van der Waals surface area contributed by atoms with Crippen molar-refractivity contribution in [3.8, 4) is 38.8 Å². The molecule has 0 N–H and O–H groups in total. The van der Waals surface area contributed by atoms with Gasteiger partial charge in [-0.1, -0.05) is 101 Å². The van der Waals surface area contributed by atoms with Crippen molar-refractivity contribution in [3.63, 3.8) is 0 Å². The zero-order valence-corrected chi connectivity index (χ0v) is 35.4. The first kappa shape index (κ1) is 36.4. The second-order valence-corrected chi connectivity index (χ2v) is 19.8. The van der Waals surface area contributed by atoms with E-state index in [4.69, 9.17) is 14.2 Å². The van der Waals surface area contributed by atoms with Crippen LogP contribution in [0.15, 0.2) is 126 Å². The van der Waals surface area contributed by atoms with Crippen LogP contribution in [0.25, 0.3) is 48.5 Å². The zero-order valence-electron chi connectivity index (χ0n) is 33.8. The molecule has 10 rings (SSSR count). The van der Waals surface area contributed by atoms with E-state index in [-0.39, 0.29) is 16.2 Å². The minimum Gasteiger partial charge on any atom is -0.497 e. The average molecular weight is 785 g/mol. The third kappa shape index (κ3) is 5.60. The first-order valence-electron chi connectivity index (χ1n) is 20.0. The molecular formula is C52H48O3S2. The van der Waals surface area contributed by atoms with Crippen molar-refractivity contribution in [1.29, 1.82) is 0 Å². The first-order chi connectivity index (χ1) is 27.5. The number of rotatable bonds is 6. The maximum absolute atomic E-state index is 7.87. The fraction of sp³-hybridized carbons (Fsp3) is 0.269. The summed E-state index contributed by atoms with van der Waals surface area (Å²) < 4.78 is 20.4. The van der Waals surface area contributed by atoms with E-state index in [9.17, 15) is 0 Å². The molecule has 1 fully saturated rings. The highest BCUT2D eigenvalue weighted by atomic mass is 32.2. The van der Waals surface area contributed by atoms with Crippen LogP contribution in [-0.4, -0.2) is 20.5 Å². The minimum absolute atomic E-state index is 0.142. The molecule has 0 amide bonds. The Morgan fingerprint density at radius 3 is 1.93 bits per heavy atom. The molecule has 2 heterocycles. The third-order valence-electron chi connectivity index (χ3n) is 12.8. The number of thioether (sulfide) groups is 1. The lowest BCUT2D eigenvalue weighted by Gasteiger charge is -2.52. The van der Waals surface area contributed by atoms with Gasteiger partial charge in [0.1, 0.15) is 17.2 Å². The van der Waals surface area contributed by atoms with Gasteiger partial charge in [-0.05, 0) is 124 Å². The molecule has 57 heavy (non-hydrogen) atoms. The zero-order chi connectivity index (χ0) is 39.3. The van der Waals surface area contributed by atoms with Gasteiger partial charge < -0.3 is 14.2 Å². The molecule has 0 bridgehead atoms. The lowest BCUT2D eigenvalue weighted by molar-refractivity contribution is 0.0642. The third-order valence-corrected chi connectivity index (χ3v) is 14.7. The monoisotopic (exact) mass is 784 g/mol. The topological polar surface area (TPSA) is 27.7 Å². The van der Waals surface area contributed by atoms with Crippen molar-refractivity contribution in [2.45, 2.75) is 62.9 Å². The molecule has 2 aliphatic carbocycles. The number of methoxy groups -OCH3 is 2. The molecule has 0 unspecified atom stereocenters. The van der Waals surface area contributed by atoms with Crippen LogP contribution in [0.4, 0.5) is 0 Å². The smallest absolute Gasteiger partial charge is 0.178 e. The molecule has 6 aromatic carbocycles. The number of benzene rings is 6. The highest BCUT2D eigenvalue weighted by Gasteiger charge is 2.55. The lowest BCUT2D eigenvalue weighted by Crippen LogP contribution is -2.44. The van der Waals surface area contributed by atoms with Gasteiger partial charge in [0.25, 0.3) is 0 Å². The predicted octanol–water partition coefficient (Wildman–Crippen LogP) is 14.3. The van der Waals surface area contributed by atoms with E-state index in [0.717, 1.165) is 46.6 Å². The summed E-state index contributed by atoms with van der Waals surface area (Å²) in [5.74, 6) is 2.57. The van der Waals surface area contributed by atoms with E-state index in [1.54, 1.807) is 14.2 Å². The Balaban J connectivity index is 1.33. The van der Waals surface area contributed by atoms with Crippen molar-refractivity contribution < 1.29 is 14.2 Å². The summed E-state index contributed by atoms with van der Waals surface area (Å²) in [4.78, 5) is 2.55. The van der Waals surface area contributed by atoms with Crippen molar-refractivity contribution in [2.75, 3.05) is 20.5 Å². The Labute approximate surface area is 344 Å². The molecule has 3 nitrogen and oxygen atoms in total. The van der Waals surface area contributed by atoms with Gasteiger partial charge in [0.05, 0.1) is 14.2 Å². The molecule has 286 valence electrons. The van der Waals surface area contributed by atoms with Gasteiger partial charge in [0, 0.05) is 47.5 Å². The number of fused-ring (bicyclic) bond motifs is 11. The van der Waals surface area contributed by atoms with Gasteiger partial charge in [0.2, 0.25) is 0 Å². The SMILES string of the molecule is COc1ccc(C2(c3ccc(OC)cc3)C=Cc3c4c(c5cc(SC)c(-c6cc7ccccc7s6)cc5c3O2)-c2ccccc2C42CC(C)(C)CC(C)(C)C2)cc1. The van der Waals surface area contributed by atoms with E-state index < -0.39 is 5.60 Å². The van der Waals surface area contributed by atoms with E-state index in [2.05, 4.69) is 137 Å². The Morgan fingerprint density at radius 2 is 1.30 bits per heavy atom. The standard InChI is InChI=1S/C52H48O3S2/c1-49(2)29-50(3,4)31-51(30-49)42-14-10-9-13-37(42)46-39-28-44(56-7)41(45-26-32-12-8-11-15-43(32)57-45)27-40(39)48-38(47(46)51)24-25-52(55-48,33-16-20-35(53-5)21-17-33)34-18-22-36(54-6)23-19-34/h8-28H,29-31H2,1-7H3. The van der Waals surface area contributed by atoms with E-state index in [1.807, 2.05) is 47.4 Å². The second kappa shape index (κ2) is 13.0. The molecule has 1 aromatic heterocycles. The number of hydrogen-bond acceptors (Lipinski definition) is 5. The van der Waals surface area contributed by atoms with Gasteiger partial charge in [-0.25, -0.2) is 0 Å². The van der Waals surface area contributed by atoms with Crippen molar-refractivity contribution in [2.24, 2.45) is 10.8 Å². The quantitative estimate of drug-likeness (QED) is 0.157. The van der Waals surface area contributed by atoms with Crippen molar-refractivity contribution in [1.82, 2.24) is 0 Å². The Kier molecular flexibility index (Phi) is 8.31. The van der Waals surface area contributed by atoms with Gasteiger partial charge in [0.15, 0.2) is 5.60 Å². The highest BCUT2D eigenvalue weighted by molar-refractivity contribution is 7.98. The summed E-state index contributed by atoms with van der Waals surface area (Å²) in [6.07, 6.45) is 10.3. The first-order valence-corrected chi connectivity index (χ1v) is 22.0. The Bertz CT molecular complexity index is 2650. The molecule has 1 spiro atoms. The lowest BCUT2D eigenvalue weighted by atomic mass is 9.52. The largest absolute Gasteiger partial charge is 0.497 e. The van der Waals surface area contributed by atoms with E-state index >= 15 is 0 Å². The summed E-state index contributed by atoms with van der Waals surface area (Å²) in [6.45, 7) is 9.93. The highest BCUT2D eigenvalue weighted by Crippen LogP contribution is 2.67. The van der Waals surface area contributed by atoms with Crippen LogP contribution in [0.5, 0.6) is 17.2 Å². The maximum atomic E-state index is 7.87. The van der Waals surface area contributed by atoms with Crippen LogP contribution in [0, 0.1) is 10.8 Å². The number of thiophene rings is 1. The molecule has 5 heteroatoms. The van der Waals surface area contributed by atoms with Gasteiger partial charge in [-0.15, -0.1) is 23.1 Å². The van der Waals surface area contributed by atoms with Gasteiger partial charge in [-0.2, -0.15) is 0 Å². The van der Waals surface area contributed by atoms with Gasteiger partial charge >= 0.3 is 0 Å². The van der Waals surface area contributed by atoms with Gasteiger partial charge in [-0.3, -0.25) is 0 Å². The summed E-state index contributed by atoms with van der Waals surface area (Å²) in [5, 5.41) is 3.68. The molecule has 7 aromatic rings. The van der Waals surface area contributed by atoms with Crippen LogP contribution in [0.3, 0.4) is 0 Å². The Morgan fingerprint density at radius 1 is 0.667 bits per heavy atom. The predicted molar refractivity (Wildman–Crippen MR) is 241 cm³/mol. The van der Waals surface area contributed by atoms with Crippen molar-refractivity contribution in [3.05, 3.63) is 149 Å². The molecule has 1 saturated carbocycles. The molecule has 3 aliphatic rings. The molecule has 0 radical (unpaired) electrons. The number of hydrogen-bond donors (Lipinski definition) is 0. The summed E-state index contributed by atoms with van der Waals surface area (Å²) in [7, 11) is 3.43.